The summed E-state index contributed by atoms with van der Waals surface area (Å²) >= 11 is 0. The van der Waals surface area contributed by atoms with Crippen molar-refractivity contribution < 1.29 is 33.0 Å². The Morgan fingerprint density at radius 3 is 2.42 bits per heavy atom. The summed E-state index contributed by atoms with van der Waals surface area (Å²) in [5.41, 5.74) is -2.44. The zero-order valence-electron chi connectivity index (χ0n) is 18.6. The summed E-state index contributed by atoms with van der Waals surface area (Å²) in [5.74, 6) is -2.62. The topological polar surface area (TPSA) is 74.6 Å². The van der Waals surface area contributed by atoms with Crippen LogP contribution in [0.5, 0.6) is 0 Å². The SMILES string of the molecule is CC(O)[C@H]1CC[C@H]2[C@@H]3CCC4=CC(=O)C(C)(C(=O)C(F)(F)F)C[C@]4(C)[C@H]3[C@H](O)C[C@]12C. The first-order chi connectivity index (χ1) is 14.2. The summed E-state index contributed by atoms with van der Waals surface area (Å²) in [4.78, 5) is 25.0. The lowest BCUT2D eigenvalue weighted by Crippen LogP contribution is -2.60. The molecule has 0 aliphatic heterocycles. The van der Waals surface area contributed by atoms with Crippen molar-refractivity contribution in [2.45, 2.75) is 84.6 Å². The molecule has 2 unspecified atom stereocenters. The molecule has 0 saturated heterocycles. The second-order valence-electron chi connectivity index (χ2n) is 11.3. The Morgan fingerprint density at radius 1 is 1.19 bits per heavy atom. The maximum absolute atomic E-state index is 13.4. The number of fused-ring (bicyclic) bond motifs is 5. The highest BCUT2D eigenvalue weighted by molar-refractivity contribution is 6.14. The van der Waals surface area contributed by atoms with Crippen molar-refractivity contribution in [3.8, 4) is 0 Å². The Hall–Kier alpha value is -1.21. The van der Waals surface area contributed by atoms with Crippen LogP contribution >= 0.6 is 0 Å². The van der Waals surface area contributed by atoms with Crippen molar-refractivity contribution in [1.29, 1.82) is 0 Å². The molecule has 0 bridgehead atoms. The first-order valence-corrected chi connectivity index (χ1v) is 11.4. The molecule has 3 saturated carbocycles. The van der Waals surface area contributed by atoms with Crippen molar-refractivity contribution in [3.05, 3.63) is 11.6 Å². The Balaban J connectivity index is 1.74. The van der Waals surface area contributed by atoms with Crippen molar-refractivity contribution in [1.82, 2.24) is 0 Å². The Bertz CT molecular complexity index is 833. The number of carbonyl (C=O) groups excluding carboxylic acids is 2. The van der Waals surface area contributed by atoms with Crippen molar-refractivity contribution in [2.75, 3.05) is 0 Å². The zero-order chi connectivity index (χ0) is 23.1. The lowest BCUT2D eigenvalue weighted by Gasteiger charge is -2.61. The van der Waals surface area contributed by atoms with E-state index < -0.39 is 40.8 Å². The number of alkyl halides is 3. The number of halogens is 3. The Kier molecular flexibility index (Phi) is 5.11. The second-order valence-corrected chi connectivity index (χ2v) is 11.3. The number of rotatable bonds is 2. The Morgan fingerprint density at radius 2 is 1.84 bits per heavy atom. The minimum Gasteiger partial charge on any atom is -0.393 e. The van der Waals surface area contributed by atoms with Crippen LogP contribution in [0.2, 0.25) is 0 Å². The first kappa shape index (κ1) is 23.0. The van der Waals surface area contributed by atoms with Gasteiger partial charge < -0.3 is 10.2 Å². The number of allylic oxidation sites excluding steroid dienone is 1. The summed E-state index contributed by atoms with van der Waals surface area (Å²) in [7, 11) is 0. The molecule has 0 aromatic heterocycles. The molecular weight excluding hydrogens is 409 g/mol. The van der Waals surface area contributed by atoms with Gasteiger partial charge in [-0.05, 0) is 93.0 Å². The van der Waals surface area contributed by atoms with Crippen LogP contribution in [0.3, 0.4) is 0 Å². The third-order valence-electron chi connectivity index (χ3n) is 9.65. The highest BCUT2D eigenvalue weighted by Crippen LogP contribution is 2.68. The van der Waals surface area contributed by atoms with Crippen LogP contribution in [0.15, 0.2) is 11.6 Å². The Labute approximate surface area is 181 Å². The molecule has 4 nitrogen and oxygen atoms in total. The lowest BCUT2D eigenvalue weighted by atomic mass is 9.43. The first-order valence-electron chi connectivity index (χ1n) is 11.4. The van der Waals surface area contributed by atoms with E-state index in [0.717, 1.165) is 31.8 Å². The van der Waals surface area contributed by atoms with Gasteiger partial charge in [0, 0.05) is 0 Å². The van der Waals surface area contributed by atoms with Gasteiger partial charge >= 0.3 is 6.18 Å². The molecule has 9 atom stereocenters. The number of aliphatic hydroxyl groups excluding tert-OH is 2. The number of hydrogen-bond donors (Lipinski definition) is 2. The molecule has 0 heterocycles. The monoisotopic (exact) mass is 442 g/mol. The van der Waals surface area contributed by atoms with Gasteiger partial charge in [-0.3, -0.25) is 9.59 Å². The molecule has 3 fully saturated rings. The second kappa shape index (κ2) is 6.89. The highest BCUT2D eigenvalue weighted by Gasteiger charge is 2.66. The predicted molar refractivity (Wildman–Crippen MR) is 108 cm³/mol. The van der Waals surface area contributed by atoms with Crippen molar-refractivity contribution in [3.63, 3.8) is 0 Å². The molecule has 31 heavy (non-hydrogen) atoms. The normalized spacial score (nSPS) is 48.4. The average Bonchev–Trinajstić information content (AvgIpc) is 2.98. The molecule has 0 aromatic rings. The van der Waals surface area contributed by atoms with E-state index in [1.165, 1.54) is 6.08 Å². The quantitative estimate of drug-likeness (QED) is 0.628. The third kappa shape index (κ3) is 3.09. The molecule has 4 aliphatic rings. The summed E-state index contributed by atoms with van der Waals surface area (Å²) < 4.78 is 40.1. The van der Waals surface area contributed by atoms with E-state index in [0.29, 0.717) is 12.8 Å². The van der Waals surface area contributed by atoms with Crippen LogP contribution in [0, 0.1) is 39.9 Å². The smallest absolute Gasteiger partial charge is 0.393 e. The largest absolute Gasteiger partial charge is 0.451 e. The molecule has 174 valence electrons. The molecule has 0 aromatic carbocycles. The summed E-state index contributed by atoms with van der Waals surface area (Å²) in [6.07, 6.45) is -1.61. The molecule has 0 amide bonds. The van der Waals surface area contributed by atoms with Crippen molar-refractivity contribution >= 4 is 11.6 Å². The van der Waals surface area contributed by atoms with Crippen LogP contribution < -0.4 is 0 Å². The molecule has 0 spiro atoms. The fraction of sp³-hybridized carbons (Fsp3) is 0.833. The molecule has 2 N–H and O–H groups in total. The van der Waals surface area contributed by atoms with Gasteiger partial charge in [-0.2, -0.15) is 13.2 Å². The number of aliphatic hydroxyl groups is 2. The van der Waals surface area contributed by atoms with Gasteiger partial charge in [-0.1, -0.05) is 19.4 Å². The number of hydrogen-bond acceptors (Lipinski definition) is 4. The van der Waals surface area contributed by atoms with Gasteiger partial charge in [-0.25, -0.2) is 0 Å². The van der Waals surface area contributed by atoms with Gasteiger partial charge in [0.05, 0.1) is 17.6 Å². The van der Waals surface area contributed by atoms with E-state index in [1.54, 1.807) is 6.92 Å². The molecular formula is C24H33F3O4. The summed E-state index contributed by atoms with van der Waals surface area (Å²) in [6, 6.07) is 0. The van der Waals surface area contributed by atoms with Gasteiger partial charge in [0.15, 0.2) is 5.78 Å². The van der Waals surface area contributed by atoms with E-state index >= 15 is 0 Å². The zero-order valence-corrected chi connectivity index (χ0v) is 18.6. The van der Waals surface area contributed by atoms with Crippen LogP contribution in [0.25, 0.3) is 0 Å². The molecule has 4 aliphatic carbocycles. The van der Waals surface area contributed by atoms with E-state index in [4.69, 9.17) is 0 Å². The summed E-state index contributed by atoms with van der Waals surface area (Å²) in [6.45, 7) is 6.89. The fourth-order valence-corrected chi connectivity index (χ4v) is 8.42. The lowest BCUT2D eigenvalue weighted by molar-refractivity contribution is -0.188. The number of carbonyl (C=O) groups is 2. The standard InChI is InChI=1S/C24H33F3O4/c1-12(28)15-7-8-16-14-6-5-13-9-18(30)23(4,20(31)24(25,26)27)11-22(13,3)19(14)17(29)10-21(15,16)2/h9,12,14-17,19,28-29H,5-8,10-11H2,1-4H3/t12?,14-,15+,16-,17+,19+,21+,22-,23?/m0/s1. The van der Waals surface area contributed by atoms with Gasteiger partial charge in [0.25, 0.3) is 0 Å². The van der Waals surface area contributed by atoms with E-state index in [1.807, 2.05) is 6.92 Å². The van der Waals surface area contributed by atoms with Gasteiger partial charge in [0.2, 0.25) is 5.78 Å². The van der Waals surface area contributed by atoms with E-state index in [9.17, 15) is 33.0 Å². The van der Waals surface area contributed by atoms with Crippen LogP contribution in [-0.4, -0.2) is 40.2 Å². The average molecular weight is 443 g/mol. The molecule has 0 radical (unpaired) electrons. The predicted octanol–water partition coefficient (Wildman–Crippen LogP) is 4.23. The summed E-state index contributed by atoms with van der Waals surface area (Å²) in [5, 5.41) is 21.7. The van der Waals surface area contributed by atoms with Crippen LogP contribution in [0.1, 0.15) is 66.2 Å². The highest BCUT2D eigenvalue weighted by atomic mass is 19.4. The van der Waals surface area contributed by atoms with Gasteiger partial charge in [0.1, 0.15) is 0 Å². The molecule has 4 rings (SSSR count). The van der Waals surface area contributed by atoms with Crippen LogP contribution in [-0.2, 0) is 9.59 Å². The maximum Gasteiger partial charge on any atom is 0.451 e. The molecule has 7 heteroatoms. The fourth-order valence-electron chi connectivity index (χ4n) is 8.42. The van der Waals surface area contributed by atoms with E-state index in [2.05, 4.69) is 6.92 Å². The number of ketones is 2. The minimum atomic E-state index is -5.08. The third-order valence-corrected chi connectivity index (χ3v) is 9.65. The van der Waals surface area contributed by atoms with E-state index in [-0.39, 0.29) is 35.5 Å². The van der Waals surface area contributed by atoms with Crippen LogP contribution in [0.4, 0.5) is 13.2 Å². The van der Waals surface area contributed by atoms with Crippen molar-refractivity contribution in [2.24, 2.45) is 39.9 Å². The maximum atomic E-state index is 13.4. The van der Waals surface area contributed by atoms with Gasteiger partial charge in [-0.15, -0.1) is 0 Å². The number of Topliss-reactive ketones (excluding diaryl/α,β-unsaturated/α-hetero) is 1. The minimum absolute atomic E-state index is 0.0860.